The molecule has 96 valence electrons. The monoisotopic (exact) mass is 239 g/mol. The maximum atomic E-state index is 12.3. The zero-order valence-corrected chi connectivity index (χ0v) is 11.0. The second-order valence-electron chi connectivity index (χ2n) is 4.46. The number of carbonyl (C=O) groups is 1. The van der Waals surface area contributed by atoms with Gasteiger partial charge >= 0.3 is 0 Å². The highest BCUT2D eigenvalue weighted by atomic mass is 16.3. The van der Waals surface area contributed by atoms with E-state index >= 15 is 0 Å². The SMILES string of the molecule is Cc1cc(C(=O)N(CCCO)C(C)C)n(C)n1. The minimum Gasteiger partial charge on any atom is -0.396 e. The van der Waals surface area contributed by atoms with E-state index in [4.69, 9.17) is 5.11 Å². The van der Waals surface area contributed by atoms with Crippen molar-refractivity contribution in [3.63, 3.8) is 0 Å². The topological polar surface area (TPSA) is 58.4 Å². The van der Waals surface area contributed by atoms with Gasteiger partial charge in [-0.15, -0.1) is 0 Å². The van der Waals surface area contributed by atoms with Crippen LogP contribution >= 0.6 is 0 Å². The molecule has 0 aliphatic rings. The fraction of sp³-hybridized carbons (Fsp3) is 0.667. The van der Waals surface area contributed by atoms with Gasteiger partial charge in [0.2, 0.25) is 0 Å². The van der Waals surface area contributed by atoms with Crippen LogP contribution in [0.5, 0.6) is 0 Å². The Balaban J connectivity index is 2.87. The standard InChI is InChI=1S/C12H21N3O2/c1-9(2)15(6-5-7-16)12(17)11-8-10(3)13-14(11)4/h8-9,16H,5-7H2,1-4H3. The Morgan fingerprint density at radius 3 is 2.65 bits per heavy atom. The van der Waals surface area contributed by atoms with Crippen LogP contribution in [0.1, 0.15) is 36.5 Å². The summed E-state index contributed by atoms with van der Waals surface area (Å²) in [5, 5.41) is 13.0. The Kier molecular flexibility index (Phi) is 4.69. The first-order chi connectivity index (χ1) is 7.97. The van der Waals surface area contributed by atoms with Crippen molar-refractivity contribution in [2.45, 2.75) is 33.2 Å². The van der Waals surface area contributed by atoms with E-state index in [2.05, 4.69) is 5.10 Å². The van der Waals surface area contributed by atoms with Crippen molar-refractivity contribution in [3.05, 3.63) is 17.5 Å². The molecule has 0 atom stereocenters. The first-order valence-corrected chi connectivity index (χ1v) is 5.89. The van der Waals surface area contributed by atoms with Crippen molar-refractivity contribution in [3.8, 4) is 0 Å². The molecule has 1 N–H and O–H groups in total. The molecule has 1 rings (SSSR count). The first kappa shape index (κ1) is 13.7. The van der Waals surface area contributed by atoms with Gasteiger partial charge in [0.15, 0.2) is 0 Å². The average Bonchev–Trinajstić information content (AvgIpc) is 2.57. The van der Waals surface area contributed by atoms with E-state index in [9.17, 15) is 4.79 Å². The van der Waals surface area contributed by atoms with E-state index in [0.29, 0.717) is 18.7 Å². The molecule has 0 spiro atoms. The lowest BCUT2D eigenvalue weighted by Crippen LogP contribution is -2.39. The summed E-state index contributed by atoms with van der Waals surface area (Å²) >= 11 is 0. The Morgan fingerprint density at radius 1 is 1.59 bits per heavy atom. The van der Waals surface area contributed by atoms with Gasteiger partial charge in [-0.05, 0) is 33.3 Å². The lowest BCUT2D eigenvalue weighted by Gasteiger charge is -2.26. The number of aryl methyl sites for hydroxylation is 2. The van der Waals surface area contributed by atoms with Crippen LogP contribution in [0.25, 0.3) is 0 Å². The van der Waals surface area contributed by atoms with Crippen LogP contribution in [0.2, 0.25) is 0 Å². The second kappa shape index (κ2) is 5.82. The zero-order valence-electron chi connectivity index (χ0n) is 11.0. The molecule has 1 aromatic heterocycles. The predicted octanol–water partition coefficient (Wildman–Crippen LogP) is 0.962. The molecule has 0 fully saturated rings. The highest BCUT2D eigenvalue weighted by molar-refractivity contribution is 5.92. The minimum absolute atomic E-state index is 0.0310. The molecule has 1 amide bonds. The lowest BCUT2D eigenvalue weighted by molar-refractivity contribution is 0.0682. The smallest absolute Gasteiger partial charge is 0.272 e. The van der Waals surface area contributed by atoms with Gasteiger partial charge < -0.3 is 10.0 Å². The number of nitrogens with zero attached hydrogens (tertiary/aromatic N) is 3. The van der Waals surface area contributed by atoms with Crippen molar-refractivity contribution in [1.82, 2.24) is 14.7 Å². The molecule has 0 saturated carbocycles. The third-order valence-corrected chi connectivity index (χ3v) is 2.66. The second-order valence-corrected chi connectivity index (χ2v) is 4.46. The highest BCUT2D eigenvalue weighted by Gasteiger charge is 2.21. The molecule has 0 aliphatic heterocycles. The fourth-order valence-electron chi connectivity index (χ4n) is 1.79. The Bertz CT molecular complexity index is 385. The molecule has 0 aromatic carbocycles. The molecule has 5 nitrogen and oxygen atoms in total. The molecule has 1 aromatic rings. The number of hydrogen-bond donors (Lipinski definition) is 1. The Labute approximate surface area is 102 Å². The number of aliphatic hydroxyl groups excluding tert-OH is 1. The first-order valence-electron chi connectivity index (χ1n) is 5.89. The van der Waals surface area contributed by atoms with Crippen LogP contribution in [0, 0.1) is 6.92 Å². The van der Waals surface area contributed by atoms with Gasteiger partial charge in [0.05, 0.1) is 5.69 Å². The van der Waals surface area contributed by atoms with E-state index in [0.717, 1.165) is 5.69 Å². The molecule has 0 saturated heterocycles. The number of carbonyl (C=O) groups excluding carboxylic acids is 1. The van der Waals surface area contributed by atoms with Crippen LogP contribution in [-0.2, 0) is 7.05 Å². The number of aromatic nitrogens is 2. The number of aliphatic hydroxyl groups is 1. The predicted molar refractivity (Wildman–Crippen MR) is 65.8 cm³/mol. The quantitative estimate of drug-likeness (QED) is 0.832. The molecule has 17 heavy (non-hydrogen) atoms. The summed E-state index contributed by atoms with van der Waals surface area (Å²) in [4.78, 5) is 14.1. The fourth-order valence-corrected chi connectivity index (χ4v) is 1.79. The summed E-state index contributed by atoms with van der Waals surface area (Å²) in [5.74, 6) is -0.0310. The molecular weight excluding hydrogens is 218 g/mol. The molecule has 0 unspecified atom stereocenters. The van der Waals surface area contributed by atoms with Crippen LogP contribution in [0.3, 0.4) is 0 Å². The van der Waals surface area contributed by atoms with Crippen LogP contribution in [0.4, 0.5) is 0 Å². The van der Waals surface area contributed by atoms with Gasteiger partial charge in [-0.1, -0.05) is 0 Å². The summed E-state index contributed by atoms with van der Waals surface area (Å²) in [6, 6.07) is 1.90. The van der Waals surface area contributed by atoms with Crippen molar-refractivity contribution >= 4 is 5.91 Å². The van der Waals surface area contributed by atoms with E-state index in [1.54, 1.807) is 22.7 Å². The maximum absolute atomic E-state index is 12.3. The summed E-state index contributed by atoms with van der Waals surface area (Å²) < 4.78 is 1.60. The number of amides is 1. The van der Waals surface area contributed by atoms with Gasteiger partial charge in [0, 0.05) is 26.2 Å². The lowest BCUT2D eigenvalue weighted by atomic mass is 10.2. The third-order valence-electron chi connectivity index (χ3n) is 2.66. The minimum atomic E-state index is -0.0310. The normalized spacial score (nSPS) is 10.9. The number of hydrogen-bond acceptors (Lipinski definition) is 3. The van der Waals surface area contributed by atoms with Crippen molar-refractivity contribution in [2.75, 3.05) is 13.2 Å². The third kappa shape index (κ3) is 3.30. The summed E-state index contributed by atoms with van der Waals surface area (Å²) in [7, 11) is 1.77. The van der Waals surface area contributed by atoms with Gasteiger partial charge in [-0.2, -0.15) is 5.10 Å². The highest BCUT2D eigenvalue weighted by Crippen LogP contribution is 2.10. The van der Waals surface area contributed by atoms with E-state index in [1.165, 1.54) is 0 Å². The van der Waals surface area contributed by atoms with Crippen molar-refractivity contribution in [2.24, 2.45) is 7.05 Å². The molecule has 1 heterocycles. The van der Waals surface area contributed by atoms with E-state index in [-0.39, 0.29) is 18.6 Å². The van der Waals surface area contributed by atoms with Crippen LogP contribution in [-0.4, -0.2) is 44.9 Å². The van der Waals surface area contributed by atoms with E-state index < -0.39 is 0 Å². The largest absolute Gasteiger partial charge is 0.396 e. The van der Waals surface area contributed by atoms with Crippen molar-refractivity contribution < 1.29 is 9.90 Å². The van der Waals surface area contributed by atoms with Crippen LogP contribution in [0.15, 0.2) is 6.07 Å². The Morgan fingerprint density at radius 2 is 2.24 bits per heavy atom. The molecular formula is C12H21N3O2. The maximum Gasteiger partial charge on any atom is 0.272 e. The van der Waals surface area contributed by atoms with Crippen molar-refractivity contribution in [1.29, 1.82) is 0 Å². The Hall–Kier alpha value is -1.36. The molecule has 0 radical (unpaired) electrons. The average molecular weight is 239 g/mol. The molecule has 0 aliphatic carbocycles. The van der Waals surface area contributed by atoms with Crippen LogP contribution < -0.4 is 0 Å². The van der Waals surface area contributed by atoms with Gasteiger partial charge in [-0.25, -0.2) is 0 Å². The van der Waals surface area contributed by atoms with Gasteiger partial charge in [0.1, 0.15) is 5.69 Å². The molecule has 0 bridgehead atoms. The van der Waals surface area contributed by atoms with Gasteiger partial charge in [0.25, 0.3) is 5.91 Å². The summed E-state index contributed by atoms with van der Waals surface area (Å²) in [6.45, 7) is 6.47. The molecule has 5 heteroatoms. The van der Waals surface area contributed by atoms with E-state index in [1.807, 2.05) is 20.8 Å². The summed E-state index contributed by atoms with van der Waals surface area (Å²) in [6.07, 6.45) is 0.598. The zero-order chi connectivity index (χ0) is 13.0. The summed E-state index contributed by atoms with van der Waals surface area (Å²) in [5.41, 5.74) is 1.43. The number of rotatable bonds is 5. The van der Waals surface area contributed by atoms with Gasteiger partial charge in [-0.3, -0.25) is 9.48 Å².